The van der Waals surface area contributed by atoms with E-state index >= 15 is 0 Å². The summed E-state index contributed by atoms with van der Waals surface area (Å²) >= 11 is 0. The Balaban J connectivity index is 1.96. The molecule has 2 N–H and O–H groups in total. The average molecular weight is 514 g/mol. The van der Waals surface area contributed by atoms with E-state index in [2.05, 4.69) is 49.2 Å². The molecular weight excluding hydrogens is 464 g/mol. The predicted molar refractivity (Wildman–Crippen MR) is 151 cm³/mol. The maximum absolute atomic E-state index is 13.8. The Morgan fingerprint density at radius 1 is 1.22 bits per heavy atom. The molecule has 2 aliphatic heterocycles. The summed E-state index contributed by atoms with van der Waals surface area (Å²) in [6.07, 6.45) is 7.29. The molecule has 4 unspecified atom stereocenters. The van der Waals surface area contributed by atoms with Crippen LogP contribution in [0, 0.1) is 23.7 Å². The zero-order valence-electron chi connectivity index (χ0n) is 24.0. The number of carbonyl (C=O) groups excluding carboxylic acids is 2. The highest BCUT2D eigenvalue weighted by Gasteiger charge is 2.39. The summed E-state index contributed by atoms with van der Waals surface area (Å²) in [5, 5.41) is 6.46. The van der Waals surface area contributed by atoms with E-state index in [4.69, 9.17) is 4.74 Å². The van der Waals surface area contributed by atoms with E-state index in [1.165, 1.54) is 0 Å². The molecule has 206 valence electrons. The number of rotatable bonds is 10. The highest BCUT2D eigenvalue weighted by atomic mass is 16.5. The standard InChI is InChI=1S/C30H48N4O3/c1-8-11-22(12-9-2)25-19-33(7)16-15-23(25)29(35)32-26-14-10-13-24-28(26)37-27(17-31-6)21(5)18-34(20(3)4)30(24)36/h10,13-14,16,20-23,25,27,31H,8-9,11-12,15,17-19H2,1-7H3/p+1. The van der Waals surface area contributed by atoms with Crippen molar-refractivity contribution in [1.29, 1.82) is 0 Å². The van der Waals surface area contributed by atoms with Crippen LogP contribution in [0.2, 0.25) is 0 Å². The number of nitrogens with zero attached hydrogens (tertiary/aromatic N) is 2. The second-order valence-corrected chi connectivity index (χ2v) is 11.4. The van der Waals surface area contributed by atoms with Gasteiger partial charge in [-0.2, -0.15) is 0 Å². The van der Waals surface area contributed by atoms with Gasteiger partial charge in [-0.3, -0.25) is 9.59 Å². The van der Waals surface area contributed by atoms with E-state index in [1.54, 1.807) is 0 Å². The number of para-hydroxylation sites is 1. The van der Waals surface area contributed by atoms with Crippen LogP contribution in [0.4, 0.5) is 5.69 Å². The van der Waals surface area contributed by atoms with Crippen molar-refractivity contribution >= 4 is 23.7 Å². The first-order valence-electron chi connectivity index (χ1n) is 14.3. The first-order chi connectivity index (χ1) is 17.7. The minimum absolute atomic E-state index is 0.0250. The van der Waals surface area contributed by atoms with Crippen LogP contribution in [-0.2, 0) is 4.79 Å². The van der Waals surface area contributed by atoms with Gasteiger partial charge in [-0.05, 0) is 38.9 Å². The zero-order chi connectivity index (χ0) is 27.1. The molecule has 37 heavy (non-hydrogen) atoms. The zero-order valence-corrected chi connectivity index (χ0v) is 24.0. The fourth-order valence-electron chi connectivity index (χ4n) is 6.07. The molecule has 0 radical (unpaired) electrons. The molecule has 0 saturated carbocycles. The van der Waals surface area contributed by atoms with E-state index in [9.17, 15) is 9.59 Å². The van der Waals surface area contributed by atoms with Crippen LogP contribution in [0.15, 0.2) is 18.2 Å². The molecule has 0 aliphatic carbocycles. The van der Waals surface area contributed by atoms with Crippen LogP contribution in [-0.4, -0.2) is 73.4 Å². The largest absolute Gasteiger partial charge is 0.486 e. The van der Waals surface area contributed by atoms with E-state index in [-0.39, 0.29) is 35.8 Å². The van der Waals surface area contributed by atoms with Crippen molar-refractivity contribution in [2.75, 3.05) is 39.0 Å². The molecular formula is C30H49N4O3+. The Hall–Kier alpha value is -2.41. The van der Waals surface area contributed by atoms with Gasteiger partial charge >= 0.3 is 0 Å². The lowest BCUT2D eigenvalue weighted by atomic mass is 9.74. The average Bonchev–Trinajstić information content (AvgIpc) is 2.86. The Kier molecular flexibility index (Phi) is 10.6. The number of anilines is 1. The number of carbonyl (C=O) groups is 2. The highest BCUT2D eigenvalue weighted by molar-refractivity contribution is 6.02. The van der Waals surface area contributed by atoms with Crippen LogP contribution < -0.4 is 15.4 Å². The summed E-state index contributed by atoms with van der Waals surface area (Å²) < 4.78 is 8.78. The number of hydrogen-bond acceptors (Lipinski definition) is 4. The molecule has 0 saturated heterocycles. The molecule has 0 bridgehead atoms. The van der Waals surface area contributed by atoms with Crippen LogP contribution in [0.3, 0.4) is 0 Å². The number of nitrogens with one attached hydrogen (secondary N) is 2. The van der Waals surface area contributed by atoms with E-state index < -0.39 is 0 Å². The maximum atomic E-state index is 13.8. The third kappa shape index (κ3) is 6.92. The topological polar surface area (TPSA) is 73.7 Å². The number of ether oxygens (including phenoxy) is 1. The monoisotopic (exact) mass is 513 g/mol. The predicted octanol–water partition coefficient (Wildman–Crippen LogP) is 4.66. The van der Waals surface area contributed by atoms with Crippen LogP contribution in [0.5, 0.6) is 5.75 Å². The van der Waals surface area contributed by atoms with Gasteiger partial charge in [-0.1, -0.05) is 52.5 Å². The lowest BCUT2D eigenvalue weighted by Gasteiger charge is -2.37. The van der Waals surface area contributed by atoms with Gasteiger partial charge in [0.2, 0.25) is 5.91 Å². The molecule has 1 aromatic rings. The molecule has 2 aliphatic rings. The van der Waals surface area contributed by atoms with Crippen molar-refractivity contribution < 1.29 is 18.9 Å². The Morgan fingerprint density at radius 3 is 2.54 bits per heavy atom. The Morgan fingerprint density at radius 2 is 1.92 bits per heavy atom. The molecule has 0 spiro atoms. The molecule has 4 atom stereocenters. The van der Waals surface area contributed by atoms with Crippen LogP contribution in [0.25, 0.3) is 0 Å². The smallest absolute Gasteiger partial charge is 0.257 e. The van der Waals surface area contributed by atoms with Crippen molar-refractivity contribution in [2.45, 2.75) is 78.9 Å². The lowest BCUT2D eigenvalue weighted by Crippen LogP contribution is -2.48. The fraction of sp³-hybridized carbons (Fsp3) is 0.700. The van der Waals surface area contributed by atoms with Crippen molar-refractivity contribution in [3.8, 4) is 5.75 Å². The van der Waals surface area contributed by atoms with Gasteiger partial charge in [-0.25, -0.2) is 4.58 Å². The molecule has 1 aromatic carbocycles. The number of likely N-dealkylation sites (N-methyl/N-ethyl adjacent to an activating group) is 1. The van der Waals surface area contributed by atoms with Gasteiger partial charge in [0, 0.05) is 37.4 Å². The summed E-state index contributed by atoms with van der Waals surface area (Å²) in [4.78, 5) is 29.4. The van der Waals surface area contributed by atoms with Gasteiger partial charge < -0.3 is 20.3 Å². The van der Waals surface area contributed by atoms with Gasteiger partial charge in [0.05, 0.1) is 17.2 Å². The summed E-state index contributed by atoms with van der Waals surface area (Å²) in [5.74, 6) is 1.33. The van der Waals surface area contributed by atoms with Crippen molar-refractivity contribution in [3.63, 3.8) is 0 Å². The molecule has 2 heterocycles. The van der Waals surface area contributed by atoms with E-state index in [1.807, 2.05) is 44.0 Å². The number of amides is 2. The van der Waals surface area contributed by atoms with Crippen LogP contribution in [0.1, 0.15) is 77.1 Å². The third-order valence-electron chi connectivity index (χ3n) is 8.13. The number of fused-ring (bicyclic) bond motifs is 1. The quantitative estimate of drug-likeness (QED) is 0.447. The Bertz CT molecular complexity index is 954. The van der Waals surface area contributed by atoms with E-state index in [0.717, 1.165) is 38.6 Å². The lowest BCUT2D eigenvalue weighted by molar-refractivity contribution is -0.510. The minimum atomic E-state index is -0.126. The molecule has 7 heteroatoms. The molecule has 0 aromatic heterocycles. The Labute approximate surface area is 224 Å². The highest BCUT2D eigenvalue weighted by Crippen LogP contribution is 2.37. The number of benzene rings is 1. The first-order valence-corrected chi connectivity index (χ1v) is 14.3. The maximum Gasteiger partial charge on any atom is 0.257 e. The second-order valence-electron chi connectivity index (χ2n) is 11.4. The molecule has 0 fully saturated rings. The first kappa shape index (κ1) is 29.2. The second kappa shape index (κ2) is 13.4. The molecule has 7 nitrogen and oxygen atoms in total. The summed E-state index contributed by atoms with van der Waals surface area (Å²) in [5.41, 5.74) is 1.11. The van der Waals surface area contributed by atoms with Crippen molar-refractivity contribution in [2.24, 2.45) is 23.7 Å². The fourth-order valence-corrected chi connectivity index (χ4v) is 6.07. The molecule has 2 amide bonds. The van der Waals surface area contributed by atoms with Gasteiger partial charge in [0.1, 0.15) is 25.9 Å². The SMILES string of the molecule is CCCC(CCC)C1C[N+](C)=CCC1C(=O)Nc1cccc2c1OC(CNC)C(C)CN(C(C)C)C2=O. The van der Waals surface area contributed by atoms with Gasteiger partial charge in [0.25, 0.3) is 5.91 Å². The summed E-state index contributed by atoms with van der Waals surface area (Å²) in [6.45, 7) is 12.9. The van der Waals surface area contributed by atoms with Crippen molar-refractivity contribution in [1.82, 2.24) is 10.2 Å². The van der Waals surface area contributed by atoms with Gasteiger partial charge in [0.15, 0.2) is 5.75 Å². The third-order valence-corrected chi connectivity index (χ3v) is 8.13. The summed E-state index contributed by atoms with van der Waals surface area (Å²) in [7, 11) is 4.02. The van der Waals surface area contributed by atoms with Gasteiger partial charge in [-0.15, -0.1) is 0 Å². The number of hydrogen-bond donors (Lipinski definition) is 2. The summed E-state index contributed by atoms with van der Waals surface area (Å²) in [6, 6.07) is 5.61. The normalized spacial score (nSPS) is 24.3. The van der Waals surface area contributed by atoms with E-state index in [0.29, 0.717) is 41.9 Å². The van der Waals surface area contributed by atoms with Crippen LogP contribution >= 0.6 is 0 Å². The van der Waals surface area contributed by atoms with Crippen molar-refractivity contribution in [3.05, 3.63) is 23.8 Å². The minimum Gasteiger partial charge on any atom is -0.486 e. The molecule has 3 rings (SSSR count).